The van der Waals surface area contributed by atoms with E-state index < -0.39 is 0 Å². The fourth-order valence-corrected chi connectivity index (χ4v) is 1.78. The van der Waals surface area contributed by atoms with Gasteiger partial charge in [0.1, 0.15) is 0 Å². The summed E-state index contributed by atoms with van der Waals surface area (Å²) in [6, 6.07) is 8.46. The van der Waals surface area contributed by atoms with E-state index in [1.165, 1.54) is 16.0 Å². The predicted molar refractivity (Wildman–Crippen MR) is 52.3 cm³/mol. The van der Waals surface area contributed by atoms with Gasteiger partial charge in [0, 0.05) is 6.20 Å². The summed E-state index contributed by atoms with van der Waals surface area (Å²) in [7, 11) is 0. The molecule has 0 saturated heterocycles. The highest BCUT2D eigenvalue weighted by atomic mass is 32.1. The molecule has 0 unspecified atom stereocenters. The first kappa shape index (κ1) is 7.50. The van der Waals surface area contributed by atoms with Gasteiger partial charge in [-0.2, -0.15) is 0 Å². The van der Waals surface area contributed by atoms with Gasteiger partial charge in [-0.05, 0) is 12.5 Å². The maximum Gasteiger partial charge on any atom is 0.0797 e. The first-order valence-electron chi connectivity index (χ1n) is 3.82. The summed E-state index contributed by atoms with van der Waals surface area (Å²) < 4.78 is 0. The van der Waals surface area contributed by atoms with Crippen molar-refractivity contribution in [1.29, 1.82) is 0 Å². The first-order chi connectivity index (χ1) is 5.86. The molecule has 0 aliphatic carbocycles. The quantitative estimate of drug-likeness (QED) is 0.649. The molecular weight excluding hydrogens is 166 g/mol. The lowest BCUT2D eigenvalue weighted by Gasteiger charge is -1.96. The van der Waals surface area contributed by atoms with Crippen LogP contribution >= 0.6 is 11.3 Å². The maximum absolute atomic E-state index is 4.05. The molecule has 0 aliphatic rings. The normalized spacial score (nSPS) is 10.1. The van der Waals surface area contributed by atoms with E-state index in [2.05, 4.69) is 36.2 Å². The molecule has 0 amide bonds. The van der Waals surface area contributed by atoms with Crippen molar-refractivity contribution in [3.63, 3.8) is 0 Å². The van der Waals surface area contributed by atoms with Crippen molar-refractivity contribution in [3.05, 3.63) is 41.5 Å². The van der Waals surface area contributed by atoms with Crippen LogP contribution in [0.3, 0.4) is 0 Å². The lowest BCUT2D eigenvalue weighted by atomic mass is 10.1. The molecule has 0 atom stereocenters. The monoisotopic (exact) mass is 175 g/mol. The fraction of sp³-hybridized carbons (Fsp3) is 0.100. The van der Waals surface area contributed by atoms with E-state index in [1.807, 2.05) is 11.7 Å². The zero-order valence-electron chi connectivity index (χ0n) is 6.82. The van der Waals surface area contributed by atoms with E-state index in [9.17, 15) is 0 Å². The number of hydrogen-bond donors (Lipinski definition) is 0. The number of thiazole rings is 1. The topological polar surface area (TPSA) is 12.9 Å². The van der Waals surface area contributed by atoms with Crippen LogP contribution in [0.15, 0.2) is 36.0 Å². The number of rotatable bonds is 1. The van der Waals surface area contributed by atoms with Crippen LogP contribution in [-0.4, -0.2) is 4.98 Å². The summed E-state index contributed by atoms with van der Waals surface area (Å²) in [5.74, 6) is 0. The Balaban J connectivity index is 2.48. The van der Waals surface area contributed by atoms with Crippen LogP contribution in [0.4, 0.5) is 0 Å². The second-order valence-electron chi connectivity index (χ2n) is 2.74. The van der Waals surface area contributed by atoms with E-state index in [1.54, 1.807) is 11.3 Å². The van der Waals surface area contributed by atoms with Crippen LogP contribution in [0, 0.1) is 6.92 Å². The fourth-order valence-electron chi connectivity index (χ4n) is 1.16. The van der Waals surface area contributed by atoms with Crippen molar-refractivity contribution in [1.82, 2.24) is 4.98 Å². The molecule has 0 spiro atoms. The van der Waals surface area contributed by atoms with E-state index in [-0.39, 0.29) is 0 Å². The van der Waals surface area contributed by atoms with Gasteiger partial charge in [0.15, 0.2) is 0 Å². The van der Waals surface area contributed by atoms with Crippen molar-refractivity contribution < 1.29 is 0 Å². The maximum atomic E-state index is 4.05. The van der Waals surface area contributed by atoms with Crippen LogP contribution in [0.25, 0.3) is 10.4 Å². The molecule has 1 nitrogen and oxygen atoms in total. The van der Waals surface area contributed by atoms with Crippen molar-refractivity contribution in [2.45, 2.75) is 6.92 Å². The molecular formula is C10H9NS. The Morgan fingerprint density at radius 3 is 2.92 bits per heavy atom. The van der Waals surface area contributed by atoms with Crippen molar-refractivity contribution >= 4 is 11.3 Å². The Kier molecular flexibility index (Phi) is 1.92. The van der Waals surface area contributed by atoms with Crippen molar-refractivity contribution in [2.24, 2.45) is 0 Å². The molecule has 1 heterocycles. The molecule has 0 bridgehead atoms. The van der Waals surface area contributed by atoms with Gasteiger partial charge in [-0.1, -0.05) is 29.8 Å². The standard InChI is InChI=1S/C10H9NS/c1-8-3-2-4-9(5-8)10-6-11-7-12-10/h2-7H,1H3. The molecule has 0 saturated carbocycles. The third-order valence-electron chi connectivity index (χ3n) is 1.73. The molecule has 1 aromatic carbocycles. The summed E-state index contributed by atoms with van der Waals surface area (Å²) in [5, 5.41) is 0. The smallest absolute Gasteiger partial charge is 0.0797 e. The van der Waals surface area contributed by atoms with Gasteiger partial charge in [0.2, 0.25) is 0 Å². The van der Waals surface area contributed by atoms with Crippen molar-refractivity contribution in [2.75, 3.05) is 0 Å². The summed E-state index contributed by atoms with van der Waals surface area (Å²) in [5.41, 5.74) is 4.41. The molecule has 60 valence electrons. The third-order valence-corrected chi connectivity index (χ3v) is 2.56. The van der Waals surface area contributed by atoms with Crippen LogP contribution in [0.2, 0.25) is 0 Å². The highest BCUT2D eigenvalue weighted by Crippen LogP contribution is 2.23. The molecule has 0 aliphatic heterocycles. The Bertz CT molecular complexity index is 365. The average Bonchev–Trinajstić information content (AvgIpc) is 2.56. The van der Waals surface area contributed by atoms with E-state index >= 15 is 0 Å². The van der Waals surface area contributed by atoms with Crippen LogP contribution in [0.1, 0.15) is 5.56 Å². The number of aromatic nitrogens is 1. The Hall–Kier alpha value is -1.15. The molecule has 0 fully saturated rings. The van der Waals surface area contributed by atoms with E-state index in [0.29, 0.717) is 0 Å². The van der Waals surface area contributed by atoms with Crippen LogP contribution < -0.4 is 0 Å². The Labute approximate surface area is 75.7 Å². The SMILES string of the molecule is Cc1cccc(-c2cncs2)c1. The predicted octanol–water partition coefficient (Wildman–Crippen LogP) is 3.12. The second-order valence-corrected chi connectivity index (χ2v) is 3.62. The summed E-state index contributed by atoms with van der Waals surface area (Å²) in [4.78, 5) is 5.28. The number of nitrogens with zero attached hydrogens (tertiary/aromatic N) is 1. The van der Waals surface area contributed by atoms with Crippen molar-refractivity contribution in [3.8, 4) is 10.4 Å². The van der Waals surface area contributed by atoms with Gasteiger partial charge in [-0.15, -0.1) is 11.3 Å². The second kappa shape index (κ2) is 3.07. The van der Waals surface area contributed by atoms with Gasteiger partial charge in [-0.3, -0.25) is 4.98 Å². The third kappa shape index (κ3) is 1.38. The zero-order chi connectivity index (χ0) is 8.39. The Morgan fingerprint density at radius 1 is 1.33 bits per heavy atom. The lowest BCUT2D eigenvalue weighted by molar-refractivity contribution is 1.42. The molecule has 0 N–H and O–H groups in total. The van der Waals surface area contributed by atoms with Gasteiger partial charge < -0.3 is 0 Å². The zero-order valence-corrected chi connectivity index (χ0v) is 7.64. The van der Waals surface area contributed by atoms with E-state index in [4.69, 9.17) is 0 Å². The summed E-state index contributed by atoms with van der Waals surface area (Å²) in [6.45, 7) is 2.10. The summed E-state index contributed by atoms with van der Waals surface area (Å²) in [6.07, 6.45) is 1.90. The van der Waals surface area contributed by atoms with Gasteiger partial charge in [-0.25, -0.2) is 0 Å². The van der Waals surface area contributed by atoms with Crippen LogP contribution in [-0.2, 0) is 0 Å². The molecule has 12 heavy (non-hydrogen) atoms. The van der Waals surface area contributed by atoms with Gasteiger partial charge >= 0.3 is 0 Å². The molecule has 0 radical (unpaired) electrons. The number of aryl methyl sites for hydroxylation is 1. The van der Waals surface area contributed by atoms with Gasteiger partial charge in [0.25, 0.3) is 0 Å². The molecule has 2 heteroatoms. The Morgan fingerprint density at radius 2 is 2.25 bits per heavy atom. The summed E-state index contributed by atoms with van der Waals surface area (Å²) >= 11 is 1.67. The average molecular weight is 175 g/mol. The number of hydrogen-bond acceptors (Lipinski definition) is 2. The largest absolute Gasteiger partial charge is 0.252 e. The van der Waals surface area contributed by atoms with E-state index in [0.717, 1.165) is 0 Å². The number of benzene rings is 1. The lowest BCUT2D eigenvalue weighted by Crippen LogP contribution is -1.73. The minimum absolute atomic E-state index is 1.23. The molecule has 2 aromatic rings. The minimum Gasteiger partial charge on any atom is -0.252 e. The van der Waals surface area contributed by atoms with Crippen LogP contribution in [0.5, 0.6) is 0 Å². The highest BCUT2D eigenvalue weighted by molar-refractivity contribution is 7.13. The highest BCUT2D eigenvalue weighted by Gasteiger charge is 1.97. The molecule has 1 aromatic heterocycles. The van der Waals surface area contributed by atoms with Gasteiger partial charge in [0.05, 0.1) is 10.4 Å². The molecule has 2 rings (SSSR count). The minimum atomic E-state index is 1.23. The first-order valence-corrected chi connectivity index (χ1v) is 4.70.